The molecule has 2 unspecified atom stereocenters. The molecule has 0 radical (unpaired) electrons. The highest BCUT2D eigenvalue weighted by molar-refractivity contribution is 6.30. The number of carbonyl (C=O) groups excluding carboxylic acids is 1. The maximum Gasteiger partial charge on any atom is 0.237 e. The lowest BCUT2D eigenvalue weighted by molar-refractivity contribution is -0.121. The summed E-state index contributed by atoms with van der Waals surface area (Å²) >= 11 is 5.68. The maximum atomic E-state index is 11.3. The predicted octanol–water partition coefficient (Wildman–Crippen LogP) is 3.09. The molecule has 1 amide bonds. The Kier molecular flexibility index (Phi) is 7.96. The maximum absolute atomic E-state index is 11.3. The molecular weight excluding hydrogens is 198 g/mol. The summed E-state index contributed by atoms with van der Waals surface area (Å²) < 4.78 is 0. The molecule has 0 aromatic rings. The van der Waals surface area contributed by atoms with E-state index < -0.39 is 5.38 Å². The molecule has 2 atom stereocenters. The second-order valence-corrected chi connectivity index (χ2v) is 4.38. The third-order valence-corrected chi connectivity index (χ3v) is 2.55. The van der Waals surface area contributed by atoms with E-state index in [0.29, 0.717) is 6.04 Å². The van der Waals surface area contributed by atoms with Gasteiger partial charge in [-0.2, -0.15) is 0 Å². The van der Waals surface area contributed by atoms with Crippen LogP contribution < -0.4 is 5.32 Å². The van der Waals surface area contributed by atoms with Crippen LogP contribution in [0.4, 0.5) is 0 Å². The van der Waals surface area contributed by atoms with Crippen molar-refractivity contribution in [3.8, 4) is 0 Å². The van der Waals surface area contributed by atoms with Gasteiger partial charge in [0.1, 0.15) is 5.38 Å². The molecule has 0 aliphatic rings. The van der Waals surface area contributed by atoms with Crippen molar-refractivity contribution in [2.75, 3.05) is 0 Å². The molecule has 1 N–H and O–H groups in total. The molecule has 0 spiro atoms. The molecule has 3 heteroatoms. The Labute approximate surface area is 92.4 Å². The summed E-state index contributed by atoms with van der Waals surface area (Å²) in [5.74, 6) is -0.0463. The molecule has 0 aromatic carbocycles. The molecule has 14 heavy (non-hydrogen) atoms. The van der Waals surface area contributed by atoms with Crippen LogP contribution in [-0.4, -0.2) is 17.3 Å². The Bertz CT molecular complexity index is 159. The number of carbonyl (C=O) groups is 1. The van der Waals surface area contributed by atoms with Gasteiger partial charge in [0.15, 0.2) is 0 Å². The van der Waals surface area contributed by atoms with Crippen molar-refractivity contribution in [2.24, 2.45) is 0 Å². The van der Waals surface area contributed by atoms with Gasteiger partial charge in [0.25, 0.3) is 0 Å². The van der Waals surface area contributed by atoms with E-state index in [9.17, 15) is 4.79 Å². The van der Waals surface area contributed by atoms with Crippen molar-refractivity contribution in [3.05, 3.63) is 0 Å². The van der Waals surface area contributed by atoms with Gasteiger partial charge in [-0.25, -0.2) is 0 Å². The smallest absolute Gasteiger partial charge is 0.237 e. The van der Waals surface area contributed by atoms with Gasteiger partial charge < -0.3 is 5.32 Å². The fourth-order valence-electron chi connectivity index (χ4n) is 1.34. The van der Waals surface area contributed by atoms with E-state index in [0.717, 1.165) is 12.8 Å². The molecule has 84 valence electrons. The van der Waals surface area contributed by atoms with Crippen LogP contribution in [0.5, 0.6) is 0 Å². The van der Waals surface area contributed by atoms with Crippen LogP contribution in [-0.2, 0) is 4.79 Å². The minimum atomic E-state index is -0.421. The highest BCUT2D eigenvalue weighted by Crippen LogP contribution is 2.07. The van der Waals surface area contributed by atoms with Crippen LogP contribution in [0.2, 0.25) is 0 Å². The van der Waals surface area contributed by atoms with Crippen LogP contribution in [0.1, 0.15) is 52.9 Å². The van der Waals surface area contributed by atoms with Crippen molar-refractivity contribution in [1.29, 1.82) is 0 Å². The second kappa shape index (κ2) is 8.10. The first-order valence-corrected chi connectivity index (χ1v) is 5.99. The first-order valence-electron chi connectivity index (χ1n) is 5.56. The Morgan fingerprint density at radius 1 is 1.36 bits per heavy atom. The Hall–Kier alpha value is -0.240. The highest BCUT2D eigenvalue weighted by Gasteiger charge is 2.13. The monoisotopic (exact) mass is 219 g/mol. The Balaban J connectivity index is 3.73. The van der Waals surface area contributed by atoms with Crippen LogP contribution in [0.25, 0.3) is 0 Å². The van der Waals surface area contributed by atoms with Gasteiger partial charge in [-0.3, -0.25) is 4.79 Å². The summed E-state index contributed by atoms with van der Waals surface area (Å²) in [7, 11) is 0. The molecule has 0 rings (SSSR count). The SMILES string of the molecule is CCCCCC(CC)NC(=O)C(C)Cl. The number of unbranched alkanes of at least 4 members (excludes halogenated alkanes) is 2. The van der Waals surface area contributed by atoms with E-state index in [2.05, 4.69) is 19.2 Å². The lowest BCUT2D eigenvalue weighted by Crippen LogP contribution is -2.38. The van der Waals surface area contributed by atoms with Gasteiger partial charge in [-0.15, -0.1) is 11.6 Å². The average Bonchev–Trinajstić information content (AvgIpc) is 2.16. The minimum absolute atomic E-state index is 0.0463. The van der Waals surface area contributed by atoms with Crippen molar-refractivity contribution >= 4 is 17.5 Å². The van der Waals surface area contributed by atoms with Gasteiger partial charge in [-0.1, -0.05) is 33.1 Å². The van der Waals surface area contributed by atoms with E-state index in [1.165, 1.54) is 19.3 Å². The van der Waals surface area contributed by atoms with E-state index in [1.807, 2.05) is 0 Å². The normalized spacial score (nSPS) is 14.9. The van der Waals surface area contributed by atoms with E-state index in [-0.39, 0.29) is 5.91 Å². The van der Waals surface area contributed by atoms with E-state index in [1.54, 1.807) is 6.92 Å². The molecule has 0 bridgehead atoms. The number of nitrogens with one attached hydrogen (secondary N) is 1. The van der Waals surface area contributed by atoms with Crippen LogP contribution in [0, 0.1) is 0 Å². The topological polar surface area (TPSA) is 29.1 Å². The summed E-state index contributed by atoms with van der Waals surface area (Å²) in [4.78, 5) is 11.3. The first kappa shape index (κ1) is 13.8. The molecule has 0 aromatic heterocycles. The molecule has 0 fully saturated rings. The highest BCUT2D eigenvalue weighted by atomic mass is 35.5. The molecule has 0 saturated carbocycles. The van der Waals surface area contributed by atoms with Crippen LogP contribution >= 0.6 is 11.6 Å². The molecule has 0 saturated heterocycles. The Morgan fingerprint density at radius 2 is 2.00 bits per heavy atom. The Morgan fingerprint density at radius 3 is 2.43 bits per heavy atom. The number of hydrogen-bond donors (Lipinski definition) is 1. The molecular formula is C11H22ClNO. The van der Waals surface area contributed by atoms with Crippen molar-refractivity contribution in [2.45, 2.75) is 64.3 Å². The standard InChI is InChI=1S/C11H22ClNO/c1-4-6-7-8-10(5-2)13-11(14)9(3)12/h9-10H,4-8H2,1-3H3,(H,13,14). The van der Waals surface area contributed by atoms with Crippen molar-refractivity contribution in [1.82, 2.24) is 5.32 Å². The molecule has 2 nitrogen and oxygen atoms in total. The summed E-state index contributed by atoms with van der Waals surface area (Å²) in [6.45, 7) is 5.98. The summed E-state index contributed by atoms with van der Waals surface area (Å²) in [5, 5.41) is 2.53. The third kappa shape index (κ3) is 6.25. The fraction of sp³-hybridized carbons (Fsp3) is 0.909. The number of halogens is 1. The fourth-order valence-corrected chi connectivity index (χ4v) is 1.40. The largest absolute Gasteiger partial charge is 0.352 e. The zero-order chi connectivity index (χ0) is 11.0. The molecule has 0 heterocycles. The van der Waals surface area contributed by atoms with Gasteiger partial charge >= 0.3 is 0 Å². The third-order valence-electron chi connectivity index (χ3n) is 2.36. The van der Waals surface area contributed by atoms with Crippen molar-refractivity contribution < 1.29 is 4.79 Å². The van der Waals surface area contributed by atoms with Gasteiger partial charge in [0.2, 0.25) is 5.91 Å². The molecule has 0 aliphatic carbocycles. The van der Waals surface area contributed by atoms with E-state index in [4.69, 9.17) is 11.6 Å². The quantitative estimate of drug-likeness (QED) is 0.518. The zero-order valence-electron chi connectivity index (χ0n) is 9.48. The summed E-state index contributed by atoms with van der Waals surface area (Å²) in [6.07, 6.45) is 5.70. The van der Waals surface area contributed by atoms with Crippen LogP contribution in [0.15, 0.2) is 0 Å². The zero-order valence-corrected chi connectivity index (χ0v) is 10.2. The summed E-state index contributed by atoms with van der Waals surface area (Å²) in [5.41, 5.74) is 0. The predicted molar refractivity (Wildman–Crippen MR) is 61.7 cm³/mol. The second-order valence-electron chi connectivity index (χ2n) is 3.73. The van der Waals surface area contributed by atoms with Gasteiger partial charge in [-0.05, 0) is 19.8 Å². The average molecular weight is 220 g/mol. The lowest BCUT2D eigenvalue weighted by Gasteiger charge is -2.17. The summed E-state index contributed by atoms with van der Waals surface area (Å²) in [6, 6.07) is 0.301. The number of rotatable bonds is 7. The van der Waals surface area contributed by atoms with Crippen LogP contribution in [0.3, 0.4) is 0 Å². The van der Waals surface area contributed by atoms with Gasteiger partial charge in [0.05, 0.1) is 0 Å². The number of hydrogen-bond acceptors (Lipinski definition) is 1. The molecule has 0 aliphatic heterocycles. The number of amides is 1. The van der Waals surface area contributed by atoms with Gasteiger partial charge in [0, 0.05) is 6.04 Å². The lowest BCUT2D eigenvalue weighted by atomic mass is 10.1. The van der Waals surface area contributed by atoms with Crippen molar-refractivity contribution in [3.63, 3.8) is 0 Å². The minimum Gasteiger partial charge on any atom is -0.352 e. The van der Waals surface area contributed by atoms with E-state index >= 15 is 0 Å². The number of alkyl halides is 1. The first-order chi connectivity index (χ1) is 6.61.